The van der Waals surface area contributed by atoms with E-state index in [0.29, 0.717) is 19.3 Å². The average molecular weight is 1140 g/mol. The van der Waals surface area contributed by atoms with Crippen LogP contribution in [-0.4, -0.2) is 89.2 Å². The van der Waals surface area contributed by atoms with Crippen LogP contribution in [-0.2, 0) is 42.9 Å². The number of carboxylic acid groups (broad SMARTS) is 1. The lowest BCUT2D eigenvalue weighted by atomic mass is 9.98. The Kier molecular flexibility index (Phi) is 53.4. The maximum atomic E-state index is 13.2. The molecule has 0 aromatic heterocycles. The van der Waals surface area contributed by atoms with Gasteiger partial charge in [-0.2, -0.15) is 0 Å². The molecule has 470 valence electrons. The molecule has 6 unspecified atom stereocenters. The zero-order chi connectivity index (χ0) is 58.9. The fourth-order valence-electron chi connectivity index (χ4n) is 10.2. The smallest absolute Gasteiger partial charge is 0.335 e. The van der Waals surface area contributed by atoms with Gasteiger partial charge >= 0.3 is 23.9 Å². The minimum atomic E-state index is -1.90. The molecule has 1 heterocycles. The van der Waals surface area contributed by atoms with Gasteiger partial charge in [0.2, 0.25) is 0 Å². The number of carbonyl (C=O) groups is 4. The van der Waals surface area contributed by atoms with E-state index in [1.807, 2.05) is 0 Å². The summed E-state index contributed by atoms with van der Waals surface area (Å²) in [5.41, 5.74) is 0. The highest BCUT2D eigenvalue weighted by atomic mass is 16.7. The molecule has 0 aromatic rings. The Morgan fingerprint density at radius 2 is 0.741 bits per heavy atom. The molecule has 12 nitrogen and oxygen atoms in total. The van der Waals surface area contributed by atoms with Crippen LogP contribution in [0.15, 0.2) is 48.6 Å². The van der Waals surface area contributed by atoms with E-state index in [0.717, 1.165) is 116 Å². The maximum absolute atomic E-state index is 13.2. The van der Waals surface area contributed by atoms with E-state index in [4.69, 9.17) is 23.7 Å². The van der Waals surface area contributed by atoms with Crippen LogP contribution in [0.25, 0.3) is 0 Å². The van der Waals surface area contributed by atoms with Crippen molar-refractivity contribution in [3.63, 3.8) is 0 Å². The average Bonchev–Trinajstić information content (AvgIpc) is 3.53. The molecule has 1 aliphatic heterocycles. The van der Waals surface area contributed by atoms with Crippen molar-refractivity contribution in [2.24, 2.45) is 0 Å². The molecule has 0 amide bonds. The number of esters is 3. The summed E-state index contributed by atoms with van der Waals surface area (Å²) in [7, 11) is 0. The number of ether oxygens (including phenoxy) is 5. The van der Waals surface area contributed by atoms with Crippen LogP contribution in [0.5, 0.6) is 0 Å². The molecule has 1 fully saturated rings. The first-order chi connectivity index (χ1) is 39.6. The molecule has 3 N–H and O–H groups in total. The summed E-state index contributed by atoms with van der Waals surface area (Å²) in [5, 5.41) is 31.6. The van der Waals surface area contributed by atoms with Gasteiger partial charge in [0.1, 0.15) is 18.8 Å². The van der Waals surface area contributed by atoms with Crippen LogP contribution in [0.3, 0.4) is 0 Å². The highest BCUT2D eigenvalue weighted by Crippen LogP contribution is 2.27. The van der Waals surface area contributed by atoms with E-state index in [1.54, 1.807) is 0 Å². The zero-order valence-corrected chi connectivity index (χ0v) is 52.0. The topological polar surface area (TPSA) is 175 Å². The van der Waals surface area contributed by atoms with Crippen LogP contribution >= 0.6 is 0 Å². The summed E-state index contributed by atoms with van der Waals surface area (Å²) in [6.07, 6.45) is 57.8. The van der Waals surface area contributed by atoms with Gasteiger partial charge in [-0.3, -0.25) is 14.4 Å². The molecule has 81 heavy (non-hydrogen) atoms. The lowest BCUT2D eigenvalue weighted by Gasteiger charge is -2.40. The second-order valence-electron chi connectivity index (χ2n) is 23.1. The summed E-state index contributed by atoms with van der Waals surface area (Å²) in [6, 6.07) is 0. The number of aliphatic hydroxyl groups is 2. The summed E-state index contributed by atoms with van der Waals surface area (Å²) < 4.78 is 28.6. The number of aliphatic carboxylic acids is 1. The number of rotatable bonds is 58. The molecule has 0 saturated carbocycles. The minimum absolute atomic E-state index is 0.0629. The number of unbranched alkanes of at least 4 members (excludes halogenated alkanes) is 36. The first-order valence-electron chi connectivity index (χ1n) is 33.6. The van der Waals surface area contributed by atoms with Gasteiger partial charge in [-0.1, -0.05) is 262 Å². The Morgan fingerprint density at radius 1 is 0.407 bits per heavy atom. The number of carboxylic acids is 1. The predicted molar refractivity (Wildman–Crippen MR) is 331 cm³/mol. The van der Waals surface area contributed by atoms with Gasteiger partial charge in [0.15, 0.2) is 24.6 Å². The van der Waals surface area contributed by atoms with Gasteiger partial charge < -0.3 is 39.0 Å². The lowest BCUT2D eigenvalue weighted by molar-refractivity contribution is -0.301. The number of aliphatic hydroxyl groups excluding tert-OH is 2. The molecule has 1 rings (SSSR count). The van der Waals surface area contributed by atoms with Gasteiger partial charge in [0, 0.05) is 19.3 Å². The van der Waals surface area contributed by atoms with Crippen molar-refractivity contribution in [1.29, 1.82) is 0 Å². The van der Waals surface area contributed by atoms with Crippen molar-refractivity contribution in [3.05, 3.63) is 48.6 Å². The summed E-state index contributed by atoms with van der Waals surface area (Å²) >= 11 is 0. The molecule has 0 radical (unpaired) electrons. The molecule has 1 aliphatic rings. The third kappa shape index (κ3) is 46.7. The van der Waals surface area contributed by atoms with Crippen LogP contribution in [0.4, 0.5) is 0 Å². The van der Waals surface area contributed by atoms with Crippen molar-refractivity contribution in [1.82, 2.24) is 0 Å². The van der Waals surface area contributed by atoms with Crippen LogP contribution in [0.1, 0.15) is 316 Å². The summed E-state index contributed by atoms with van der Waals surface area (Å²) in [5.74, 6) is -3.12. The molecule has 6 atom stereocenters. The monoisotopic (exact) mass is 1140 g/mol. The van der Waals surface area contributed by atoms with E-state index in [9.17, 15) is 34.5 Å². The Balaban J connectivity index is 2.65. The second-order valence-corrected chi connectivity index (χ2v) is 23.1. The van der Waals surface area contributed by atoms with Crippen molar-refractivity contribution >= 4 is 23.9 Å². The Labute approximate surface area is 494 Å². The molecular formula is C69H122O12. The van der Waals surface area contributed by atoms with E-state index >= 15 is 0 Å². The number of allylic oxidation sites excluding steroid dienone is 8. The van der Waals surface area contributed by atoms with Crippen molar-refractivity contribution in [2.45, 2.75) is 353 Å². The van der Waals surface area contributed by atoms with Crippen molar-refractivity contribution in [3.8, 4) is 0 Å². The lowest BCUT2D eigenvalue weighted by Crippen LogP contribution is -2.61. The number of hydrogen-bond acceptors (Lipinski definition) is 11. The molecule has 1 saturated heterocycles. The first-order valence-corrected chi connectivity index (χ1v) is 33.6. The standard InChI is InChI=1S/C69H122O12/c1-4-7-10-13-16-19-22-25-28-30-31-33-35-37-40-43-46-49-52-55-61(70)77-58-60(79-62(71)56-53-50-47-44-41-38-34-27-24-21-18-15-12-9-6-3)59-78-69-67(65(74)64(73)66(81-69)68(75)76)80-63(72)57-54-51-48-45-42-39-36-32-29-26-23-20-17-14-11-8-5-2/h16,19,25,27-28,31,33-34,60,64-67,69,73-74H,4-15,17-18,20-24,26,29-30,32,35-59H2,1-3H3,(H,75,76)/b19-16-,28-25-,33-31-,34-27-. The van der Waals surface area contributed by atoms with E-state index in [-0.39, 0.29) is 25.9 Å². The fraction of sp³-hybridized carbons (Fsp3) is 0.826. The molecule has 12 heteroatoms. The third-order valence-electron chi connectivity index (χ3n) is 15.4. The Bertz CT molecular complexity index is 1590. The maximum Gasteiger partial charge on any atom is 0.335 e. The van der Waals surface area contributed by atoms with Gasteiger partial charge in [-0.15, -0.1) is 0 Å². The molecule has 0 bridgehead atoms. The molecule has 0 aliphatic carbocycles. The molecule has 0 aromatic carbocycles. The minimum Gasteiger partial charge on any atom is -0.479 e. The number of hydrogen-bond donors (Lipinski definition) is 3. The van der Waals surface area contributed by atoms with Crippen molar-refractivity contribution < 1.29 is 58.2 Å². The van der Waals surface area contributed by atoms with Gasteiger partial charge in [-0.25, -0.2) is 4.79 Å². The van der Waals surface area contributed by atoms with Crippen molar-refractivity contribution in [2.75, 3.05) is 13.2 Å². The highest BCUT2D eigenvalue weighted by Gasteiger charge is 2.50. The summed E-state index contributed by atoms with van der Waals surface area (Å²) in [6.45, 7) is 5.99. The normalized spacial score (nSPS) is 18.0. The fourth-order valence-corrected chi connectivity index (χ4v) is 10.2. The quantitative estimate of drug-likeness (QED) is 0.0228. The van der Waals surface area contributed by atoms with E-state index < -0.39 is 67.3 Å². The zero-order valence-electron chi connectivity index (χ0n) is 52.0. The van der Waals surface area contributed by atoms with Crippen LogP contribution in [0.2, 0.25) is 0 Å². The first kappa shape index (κ1) is 75.7. The highest BCUT2D eigenvalue weighted by molar-refractivity contribution is 5.74. The van der Waals surface area contributed by atoms with E-state index in [1.165, 1.54) is 141 Å². The Hall–Kier alpha value is -3.32. The number of carbonyl (C=O) groups excluding carboxylic acids is 3. The third-order valence-corrected chi connectivity index (χ3v) is 15.4. The van der Waals surface area contributed by atoms with Gasteiger partial charge in [0.25, 0.3) is 0 Å². The SMILES string of the molecule is CCCCC/C=C\C/C=C\C/C=C\CCCCCCCCC(=O)OCC(COC1OC(C(=O)O)C(O)C(O)C1OC(=O)CCCCCCCCCCCCCCCCCCC)OC(=O)CCCCCCC/C=C\CCCCCCCC. The predicted octanol–water partition coefficient (Wildman–Crippen LogP) is 18.1. The Morgan fingerprint density at radius 3 is 1.16 bits per heavy atom. The van der Waals surface area contributed by atoms with E-state index in [2.05, 4.69) is 69.4 Å². The van der Waals surface area contributed by atoms with Crippen LogP contribution in [0, 0.1) is 0 Å². The molecular weight excluding hydrogens is 1020 g/mol. The second kappa shape index (κ2) is 57.1. The molecule has 0 spiro atoms. The van der Waals surface area contributed by atoms with Gasteiger partial charge in [0.05, 0.1) is 6.61 Å². The van der Waals surface area contributed by atoms with Crippen LogP contribution < -0.4 is 0 Å². The largest absolute Gasteiger partial charge is 0.479 e. The van der Waals surface area contributed by atoms with Gasteiger partial charge in [-0.05, 0) is 83.5 Å². The summed E-state index contributed by atoms with van der Waals surface area (Å²) in [4.78, 5) is 51.4.